The van der Waals surface area contributed by atoms with Crippen LogP contribution in [0.25, 0.3) is 0 Å². The quantitative estimate of drug-likeness (QED) is 0.760. The van der Waals surface area contributed by atoms with E-state index in [1.807, 2.05) is 0 Å². The van der Waals surface area contributed by atoms with Crippen molar-refractivity contribution in [3.63, 3.8) is 0 Å². The van der Waals surface area contributed by atoms with E-state index in [1.54, 1.807) is 0 Å². The number of hydrogen-bond acceptors (Lipinski definition) is 6. The Morgan fingerprint density at radius 3 is 2.71 bits per heavy atom. The summed E-state index contributed by atoms with van der Waals surface area (Å²) in [6.07, 6.45) is 5.54. The van der Waals surface area contributed by atoms with E-state index in [-0.39, 0.29) is 17.9 Å². The molecule has 0 radical (unpaired) electrons. The van der Waals surface area contributed by atoms with Crippen LogP contribution in [0.15, 0.2) is 0 Å². The third-order valence-electron chi connectivity index (χ3n) is 4.39. The van der Waals surface area contributed by atoms with Crippen molar-refractivity contribution in [3.05, 3.63) is 4.88 Å². The van der Waals surface area contributed by atoms with E-state index in [4.69, 9.17) is 5.73 Å². The normalized spacial score (nSPS) is 20.3. The fraction of sp³-hybridized carbons (Fsp3) is 0.714. The van der Waals surface area contributed by atoms with Gasteiger partial charge in [0.1, 0.15) is 10.7 Å². The minimum absolute atomic E-state index is 0.0925. The lowest BCUT2D eigenvalue weighted by molar-refractivity contribution is 0.0940. The van der Waals surface area contributed by atoms with Gasteiger partial charge in [-0.25, -0.2) is 4.98 Å². The summed E-state index contributed by atoms with van der Waals surface area (Å²) >= 11 is 1.37. The molecule has 4 N–H and O–H groups in total. The van der Waals surface area contributed by atoms with Crippen LogP contribution in [0.1, 0.15) is 41.8 Å². The van der Waals surface area contributed by atoms with Gasteiger partial charge in [-0.2, -0.15) is 0 Å². The van der Waals surface area contributed by atoms with E-state index in [2.05, 4.69) is 15.2 Å². The van der Waals surface area contributed by atoms with Crippen molar-refractivity contribution in [1.82, 2.24) is 10.3 Å². The lowest BCUT2D eigenvalue weighted by atomic mass is 10.1. The molecule has 7 heteroatoms. The molecule has 0 aromatic carbocycles. The molecule has 21 heavy (non-hydrogen) atoms. The monoisotopic (exact) mass is 310 g/mol. The van der Waals surface area contributed by atoms with Gasteiger partial charge in [0.05, 0.1) is 6.61 Å². The van der Waals surface area contributed by atoms with Gasteiger partial charge in [-0.1, -0.05) is 11.3 Å². The Kier molecular flexibility index (Phi) is 4.03. The van der Waals surface area contributed by atoms with Crippen LogP contribution in [0, 0.1) is 5.41 Å². The number of nitrogens with two attached hydrogens (primary N) is 1. The van der Waals surface area contributed by atoms with Crippen LogP contribution in [0.2, 0.25) is 0 Å². The van der Waals surface area contributed by atoms with Gasteiger partial charge in [-0.05, 0) is 32.1 Å². The van der Waals surface area contributed by atoms with E-state index >= 15 is 0 Å². The van der Waals surface area contributed by atoms with Gasteiger partial charge in [0, 0.05) is 25.0 Å². The molecule has 1 aliphatic heterocycles. The van der Waals surface area contributed by atoms with Crippen LogP contribution in [0.3, 0.4) is 0 Å². The minimum atomic E-state index is -0.173. The summed E-state index contributed by atoms with van der Waals surface area (Å²) in [5, 5.41) is 13.0. The zero-order valence-corrected chi connectivity index (χ0v) is 12.9. The molecule has 0 atom stereocenters. The summed E-state index contributed by atoms with van der Waals surface area (Å²) in [7, 11) is 0. The number of amides is 1. The SMILES string of the molecule is Nc1nc(N2CCCCC2)sc1C(=O)NCC1(CO)CC1. The number of carbonyl (C=O) groups excluding carboxylic acids is 1. The second-order valence-electron chi connectivity index (χ2n) is 6.10. The van der Waals surface area contributed by atoms with E-state index < -0.39 is 0 Å². The second-order valence-corrected chi connectivity index (χ2v) is 7.08. The average Bonchev–Trinajstić information content (AvgIpc) is 3.20. The number of nitrogens with zero attached hydrogens (tertiary/aromatic N) is 2. The number of hydrogen-bond donors (Lipinski definition) is 3. The molecule has 1 aliphatic carbocycles. The van der Waals surface area contributed by atoms with Gasteiger partial charge in [0.15, 0.2) is 5.13 Å². The maximum atomic E-state index is 12.2. The van der Waals surface area contributed by atoms with Crippen molar-refractivity contribution in [1.29, 1.82) is 0 Å². The topological polar surface area (TPSA) is 91.5 Å². The molecule has 116 valence electrons. The lowest BCUT2D eigenvalue weighted by Crippen LogP contribution is -2.31. The van der Waals surface area contributed by atoms with Gasteiger partial charge >= 0.3 is 0 Å². The number of anilines is 2. The van der Waals surface area contributed by atoms with Crippen LogP contribution in [-0.4, -0.2) is 42.2 Å². The van der Waals surface area contributed by atoms with Crippen LogP contribution in [0.4, 0.5) is 10.9 Å². The first-order valence-electron chi connectivity index (χ1n) is 7.54. The number of nitrogens with one attached hydrogen (secondary N) is 1. The molecule has 3 rings (SSSR count). The molecule has 1 saturated carbocycles. The first-order valence-corrected chi connectivity index (χ1v) is 8.35. The predicted octanol–water partition coefficient (Wildman–Crippen LogP) is 1.22. The molecule has 2 aliphatic rings. The summed E-state index contributed by atoms with van der Waals surface area (Å²) in [6.45, 7) is 2.62. The highest BCUT2D eigenvalue weighted by Crippen LogP contribution is 2.44. The van der Waals surface area contributed by atoms with Crippen molar-refractivity contribution in [3.8, 4) is 0 Å². The molecular weight excluding hydrogens is 288 g/mol. The predicted molar refractivity (Wildman–Crippen MR) is 83.7 cm³/mol. The molecule has 1 amide bonds. The van der Waals surface area contributed by atoms with Crippen molar-refractivity contribution in [2.24, 2.45) is 5.41 Å². The number of nitrogen functional groups attached to an aromatic ring is 1. The molecule has 0 unspecified atom stereocenters. The highest BCUT2D eigenvalue weighted by Gasteiger charge is 2.42. The van der Waals surface area contributed by atoms with Crippen LogP contribution in [-0.2, 0) is 0 Å². The van der Waals surface area contributed by atoms with Crippen LogP contribution in [0.5, 0.6) is 0 Å². The summed E-state index contributed by atoms with van der Waals surface area (Å²) < 4.78 is 0. The molecule has 6 nitrogen and oxygen atoms in total. The third-order valence-corrected chi connectivity index (χ3v) is 5.52. The Bertz CT molecular complexity index is 521. The maximum absolute atomic E-state index is 12.2. The first kappa shape index (κ1) is 14.6. The van der Waals surface area contributed by atoms with Crippen LogP contribution < -0.4 is 16.0 Å². The largest absolute Gasteiger partial charge is 0.396 e. The zero-order chi connectivity index (χ0) is 14.9. The number of aromatic nitrogens is 1. The first-order chi connectivity index (χ1) is 10.1. The third kappa shape index (κ3) is 3.13. The fourth-order valence-electron chi connectivity index (χ4n) is 2.62. The molecule has 2 fully saturated rings. The highest BCUT2D eigenvalue weighted by atomic mass is 32.1. The van der Waals surface area contributed by atoms with Gasteiger partial charge in [0.25, 0.3) is 5.91 Å². The Balaban J connectivity index is 1.64. The highest BCUT2D eigenvalue weighted by molar-refractivity contribution is 7.18. The average molecular weight is 310 g/mol. The van der Waals surface area contributed by atoms with E-state index in [0.717, 1.165) is 31.1 Å². The van der Waals surface area contributed by atoms with Crippen molar-refractivity contribution in [2.45, 2.75) is 32.1 Å². The Morgan fingerprint density at radius 2 is 2.10 bits per heavy atom. The van der Waals surface area contributed by atoms with E-state index in [0.29, 0.717) is 17.2 Å². The molecule has 2 heterocycles. The number of aliphatic hydroxyl groups excluding tert-OH is 1. The molecule has 0 spiro atoms. The number of carbonyl (C=O) groups is 1. The minimum Gasteiger partial charge on any atom is -0.396 e. The lowest BCUT2D eigenvalue weighted by Gasteiger charge is -2.25. The maximum Gasteiger partial charge on any atom is 0.265 e. The number of piperidine rings is 1. The standard InChI is InChI=1S/C14H22N4O2S/c15-11-10(12(20)16-8-14(9-19)4-5-14)21-13(17-11)18-6-2-1-3-7-18/h19H,1-9,15H2,(H,16,20). The van der Waals surface area contributed by atoms with Gasteiger partial charge in [0.2, 0.25) is 0 Å². The fourth-order valence-corrected chi connectivity index (χ4v) is 3.57. The summed E-state index contributed by atoms with van der Waals surface area (Å²) in [5.74, 6) is 0.139. The molecule has 0 bridgehead atoms. The number of thiazole rings is 1. The number of rotatable bonds is 5. The van der Waals surface area contributed by atoms with Gasteiger partial charge in [-0.15, -0.1) is 0 Å². The van der Waals surface area contributed by atoms with Crippen molar-refractivity contribution >= 4 is 28.2 Å². The molecule has 1 aromatic heterocycles. The van der Waals surface area contributed by atoms with Gasteiger partial charge in [-0.3, -0.25) is 4.79 Å². The zero-order valence-electron chi connectivity index (χ0n) is 12.1. The summed E-state index contributed by atoms with van der Waals surface area (Å²) in [4.78, 5) is 19.3. The van der Waals surface area contributed by atoms with Crippen LogP contribution >= 0.6 is 11.3 Å². The number of aliphatic hydroxyl groups is 1. The smallest absolute Gasteiger partial charge is 0.265 e. The summed E-state index contributed by atoms with van der Waals surface area (Å²) in [6, 6.07) is 0. The molecule has 1 aromatic rings. The Morgan fingerprint density at radius 1 is 1.38 bits per heavy atom. The van der Waals surface area contributed by atoms with E-state index in [1.165, 1.54) is 30.6 Å². The van der Waals surface area contributed by atoms with Gasteiger partial charge < -0.3 is 21.1 Å². The molecular formula is C14H22N4O2S. The van der Waals surface area contributed by atoms with E-state index in [9.17, 15) is 9.90 Å². The van der Waals surface area contributed by atoms with Crippen molar-refractivity contribution in [2.75, 3.05) is 36.9 Å². The molecule has 1 saturated heterocycles. The summed E-state index contributed by atoms with van der Waals surface area (Å²) in [5.41, 5.74) is 5.81. The second kappa shape index (κ2) is 5.81. The Labute approximate surface area is 128 Å². The van der Waals surface area contributed by atoms with Crippen molar-refractivity contribution < 1.29 is 9.90 Å². The Hall–Kier alpha value is -1.34.